The van der Waals surface area contributed by atoms with Gasteiger partial charge in [0.15, 0.2) is 0 Å². The van der Waals surface area contributed by atoms with Gasteiger partial charge in [-0.25, -0.2) is 9.36 Å². The zero-order valence-corrected chi connectivity index (χ0v) is 15.5. The molecule has 0 fully saturated rings. The van der Waals surface area contributed by atoms with E-state index in [4.69, 9.17) is 9.47 Å². The van der Waals surface area contributed by atoms with Gasteiger partial charge in [-0.05, 0) is 61.4 Å². The molecule has 0 saturated heterocycles. The second-order valence-corrected chi connectivity index (χ2v) is 6.49. The van der Waals surface area contributed by atoms with Gasteiger partial charge in [0.2, 0.25) is 0 Å². The Labute approximate surface area is 161 Å². The first-order valence-electron chi connectivity index (χ1n) is 8.97. The third kappa shape index (κ3) is 2.53. The van der Waals surface area contributed by atoms with Crippen molar-refractivity contribution in [3.8, 4) is 34.3 Å². The minimum Gasteiger partial charge on any atom is -0.497 e. The maximum atomic E-state index is 5.24. The van der Waals surface area contributed by atoms with Crippen molar-refractivity contribution in [1.82, 2.24) is 30.0 Å². The van der Waals surface area contributed by atoms with Crippen molar-refractivity contribution >= 4 is 0 Å². The van der Waals surface area contributed by atoms with Crippen molar-refractivity contribution in [3.05, 3.63) is 59.9 Å². The SMILES string of the molecule is COc1ccc(-n2nnc3c2CCc2nnn(-c4ccc(OC)cc4)c2-3)cc1. The lowest BCUT2D eigenvalue weighted by Gasteiger charge is -2.14. The molecule has 0 atom stereocenters. The first-order valence-corrected chi connectivity index (χ1v) is 8.97. The Hall–Kier alpha value is -3.68. The van der Waals surface area contributed by atoms with E-state index < -0.39 is 0 Å². The molecule has 5 rings (SSSR count). The minimum atomic E-state index is 0.794. The number of benzene rings is 2. The highest BCUT2D eigenvalue weighted by Crippen LogP contribution is 2.33. The molecule has 0 bridgehead atoms. The van der Waals surface area contributed by atoms with Crippen LogP contribution in [0.2, 0.25) is 0 Å². The van der Waals surface area contributed by atoms with E-state index in [1.165, 1.54) is 0 Å². The smallest absolute Gasteiger partial charge is 0.137 e. The summed E-state index contributed by atoms with van der Waals surface area (Å²) in [7, 11) is 3.30. The first-order chi connectivity index (χ1) is 13.8. The van der Waals surface area contributed by atoms with Gasteiger partial charge in [0.05, 0.1) is 37.0 Å². The lowest BCUT2D eigenvalue weighted by Crippen LogP contribution is -2.10. The van der Waals surface area contributed by atoms with Crippen molar-refractivity contribution in [2.45, 2.75) is 12.8 Å². The molecule has 1 aliphatic carbocycles. The van der Waals surface area contributed by atoms with Gasteiger partial charge in [0.25, 0.3) is 0 Å². The number of aryl methyl sites for hydroxylation is 1. The molecule has 0 spiro atoms. The van der Waals surface area contributed by atoms with E-state index in [-0.39, 0.29) is 0 Å². The van der Waals surface area contributed by atoms with E-state index in [1.54, 1.807) is 14.2 Å². The van der Waals surface area contributed by atoms with Crippen LogP contribution in [0.1, 0.15) is 11.4 Å². The summed E-state index contributed by atoms with van der Waals surface area (Å²) in [5, 5.41) is 17.6. The summed E-state index contributed by atoms with van der Waals surface area (Å²) in [5.41, 5.74) is 5.55. The van der Waals surface area contributed by atoms with Crippen LogP contribution in [0, 0.1) is 0 Å². The molecule has 4 aromatic rings. The van der Waals surface area contributed by atoms with Gasteiger partial charge in [-0.3, -0.25) is 0 Å². The summed E-state index contributed by atoms with van der Waals surface area (Å²) >= 11 is 0. The van der Waals surface area contributed by atoms with Gasteiger partial charge in [0.1, 0.15) is 22.9 Å². The largest absolute Gasteiger partial charge is 0.497 e. The molecule has 0 unspecified atom stereocenters. The standard InChI is InChI=1S/C20H18N6O2/c1-27-15-7-3-13(4-8-15)25-18-12-11-17-20(19(18)22-24-25)26(23-21-17)14-5-9-16(28-2)10-6-14/h3-10H,11-12H2,1-2H3. The van der Waals surface area contributed by atoms with Crippen molar-refractivity contribution in [1.29, 1.82) is 0 Å². The van der Waals surface area contributed by atoms with Gasteiger partial charge in [-0.2, -0.15) is 0 Å². The van der Waals surface area contributed by atoms with Crippen LogP contribution in [0.3, 0.4) is 0 Å². The van der Waals surface area contributed by atoms with Crippen LogP contribution >= 0.6 is 0 Å². The topological polar surface area (TPSA) is 79.9 Å². The van der Waals surface area contributed by atoms with E-state index in [0.717, 1.165) is 58.5 Å². The lowest BCUT2D eigenvalue weighted by atomic mass is 10.0. The van der Waals surface area contributed by atoms with Crippen LogP contribution < -0.4 is 9.47 Å². The van der Waals surface area contributed by atoms with E-state index in [2.05, 4.69) is 20.6 Å². The molecule has 140 valence electrons. The second kappa shape index (κ2) is 6.49. The lowest BCUT2D eigenvalue weighted by molar-refractivity contribution is 0.414. The van der Waals surface area contributed by atoms with Gasteiger partial charge in [-0.1, -0.05) is 10.4 Å². The van der Waals surface area contributed by atoms with Crippen molar-refractivity contribution in [2.75, 3.05) is 14.2 Å². The number of aromatic nitrogens is 6. The maximum absolute atomic E-state index is 5.24. The Morgan fingerprint density at radius 1 is 0.714 bits per heavy atom. The Bertz CT molecular complexity index is 1130. The molecule has 2 heterocycles. The molecule has 2 aromatic carbocycles. The Kier molecular flexibility index (Phi) is 3.82. The minimum absolute atomic E-state index is 0.794. The van der Waals surface area contributed by atoms with Crippen LogP contribution in [0.4, 0.5) is 0 Å². The highest BCUT2D eigenvalue weighted by molar-refractivity contribution is 5.66. The molecule has 0 amide bonds. The van der Waals surface area contributed by atoms with E-state index in [0.29, 0.717) is 0 Å². The molecular weight excluding hydrogens is 356 g/mol. The average molecular weight is 374 g/mol. The molecule has 0 saturated carbocycles. The molecule has 2 aromatic heterocycles. The van der Waals surface area contributed by atoms with Crippen LogP contribution in [0.5, 0.6) is 11.5 Å². The third-order valence-electron chi connectivity index (χ3n) is 4.96. The Morgan fingerprint density at radius 3 is 1.89 bits per heavy atom. The monoisotopic (exact) mass is 374 g/mol. The fourth-order valence-electron chi connectivity index (χ4n) is 3.50. The van der Waals surface area contributed by atoms with Crippen molar-refractivity contribution < 1.29 is 9.47 Å². The fraction of sp³-hybridized carbons (Fsp3) is 0.200. The zero-order valence-electron chi connectivity index (χ0n) is 15.5. The summed E-state index contributed by atoms with van der Waals surface area (Å²) in [4.78, 5) is 0. The fourth-order valence-corrected chi connectivity index (χ4v) is 3.50. The van der Waals surface area contributed by atoms with E-state index >= 15 is 0 Å². The van der Waals surface area contributed by atoms with Gasteiger partial charge in [0, 0.05) is 0 Å². The zero-order chi connectivity index (χ0) is 19.1. The highest BCUT2D eigenvalue weighted by atomic mass is 16.5. The molecule has 8 nitrogen and oxygen atoms in total. The summed E-state index contributed by atoms with van der Waals surface area (Å²) in [6.07, 6.45) is 1.60. The number of methoxy groups -OCH3 is 2. The normalized spacial score (nSPS) is 12.4. The number of ether oxygens (including phenoxy) is 2. The van der Waals surface area contributed by atoms with Crippen LogP contribution in [0.25, 0.3) is 22.8 Å². The predicted molar refractivity (Wildman–Crippen MR) is 102 cm³/mol. The summed E-state index contributed by atoms with van der Waals surface area (Å²) in [5.74, 6) is 1.60. The van der Waals surface area contributed by atoms with Crippen LogP contribution in [-0.2, 0) is 12.8 Å². The molecule has 0 radical (unpaired) electrons. The Morgan fingerprint density at radius 2 is 1.29 bits per heavy atom. The molecule has 1 aliphatic rings. The summed E-state index contributed by atoms with van der Waals surface area (Å²) in [6, 6.07) is 15.5. The number of hydrogen-bond acceptors (Lipinski definition) is 6. The summed E-state index contributed by atoms with van der Waals surface area (Å²) < 4.78 is 14.2. The number of hydrogen-bond donors (Lipinski definition) is 0. The molecule has 28 heavy (non-hydrogen) atoms. The number of rotatable bonds is 4. The average Bonchev–Trinajstić information content (AvgIpc) is 3.38. The second-order valence-electron chi connectivity index (χ2n) is 6.49. The maximum Gasteiger partial charge on any atom is 0.137 e. The van der Waals surface area contributed by atoms with Crippen molar-refractivity contribution in [3.63, 3.8) is 0 Å². The molecule has 0 N–H and O–H groups in total. The number of nitrogens with zero attached hydrogens (tertiary/aromatic N) is 6. The van der Waals surface area contributed by atoms with E-state index in [9.17, 15) is 0 Å². The molecule has 8 heteroatoms. The van der Waals surface area contributed by atoms with Gasteiger partial charge < -0.3 is 9.47 Å². The van der Waals surface area contributed by atoms with Gasteiger partial charge >= 0.3 is 0 Å². The van der Waals surface area contributed by atoms with Gasteiger partial charge in [-0.15, -0.1) is 10.2 Å². The first kappa shape index (κ1) is 16.5. The van der Waals surface area contributed by atoms with Crippen molar-refractivity contribution in [2.24, 2.45) is 0 Å². The van der Waals surface area contributed by atoms with E-state index in [1.807, 2.05) is 57.9 Å². The molecule has 0 aliphatic heterocycles. The quantitative estimate of drug-likeness (QED) is 0.546. The third-order valence-corrected chi connectivity index (χ3v) is 4.96. The summed E-state index contributed by atoms with van der Waals surface area (Å²) in [6.45, 7) is 0. The highest BCUT2D eigenvalue weighted by Gasteiger charge is 2.28. The predicted octanol–water partition coefficient (Wildman–Crippen LogP) is 2.63. The Balaban J connectivity index is 1.59. The van der Waals surface area contributed by atoms with Crippen LogP contribution in [-0.4, -0.2) is 44.2 Å². The number of fused-ring (bicyclic) bond motifs is 3. The molecular formula is C20H18N6O2. The van der Waals surface area contributed by atoms with Crippen LogP contribution in [0.15, 0.2) is 48.5 Å².